The molecular formula is C14H20BrN3O. The summed E-state index contributed by atoms with van der Waals surface area (Å²) in [7, 11) is 2.01. The molecule has 0 spiro atoms. The number of likely N-dealkylation sites (N-methyl/N-ethyl adjacent to an activating group) is 1. The van der Waals surface area contributed by atoms with Gasteiger partial charge in [-0.25, -0.2) is 0 Å². The number of nitrogens with zero attached hydrogens (tertiary/aromatic N) is 1. The minimum Gasteiger partial charge on any atom is -0.325 e. The second-order valence-corrected chi connectivity index (χ2v) is 5.89. The third-order valence-corrected chi connectivity index (χ3v) is 3.89. The Labute approximate surface area is 122 Å². The molecule has 1 saturated heterocycles. The summed E-state index contributed by atoms with van der Waals surface area (Å²) >= 11 is 3.40. The average molecular weight is 326 g/mol. The van der Waals surface area contributed by atoms with E-state index >= 15 is 0 Å². The zero-order chi connectivity index (χ0) is 13.7. The topological polar surface area (TPSA) is 44.4 Å². The first-order valence-corrected chi connectivity index (χ1v) is 7.41. The van der Waals surface area contributed by atoms with Crippen molar-refractivity contribution in [1.82, 2.24) is 10.2 Å². The molecule has 1 amide bonds. The Kier molecular flexibility index (Phi) is 5.36. The molecule has 1 aromatic carbocycles. The molecule has 0 radical (unpaired) electrons. The van der Waals surface area contributed by atoms with Crippen LogP contribution in [-0.4, -0.2) is 43.5 Å². The molecule has 0 saturated carbocycles. The van der Waals surface area contributed by atoms with E-state index in [1.165, 1.54) is 6.42 Å². The lowest BCUT2D eigenvalue weighted by Gasteiger charge is -2.31. The van der Waals surface area contributed by atoms with Gasteiger partial charge in [-0.05, 0) is 44.6 Å². The fourth-order valence-corrected chi connectivity index (χ4v) is 2.73. The van der Waals surface area contributed by atoms with E-state index in [9.17, 15) is 4.79 Å². The monoisotopic (exact) mass is 325 g/mol. The van der Waals surface area contributed by atoms with Crippen LogP contribution in [0.25, 0.3) is 0 Å². The Balaban J connectivity index is 1.83. The van der Waals surface area contributed by atoms with Crippen molar-refractivity contribution in [2.24, 2.45) is 0 Å². The number of amides is 1. The Morgan fingerprint density at radius 1 is 1.58 bits per heavy atom. The van der Waals surface area contributed by atoms with Gasteiger partial charge in [0.2, 0.25) is 5.91 Å². The minimum atomic E-state index is 0.0335. The standard InChI is InChI=1S/C14H20BrN3O/c1-18(13-6-3-7-16-9-13)10-14(19)17-12-5-2-4-11(15)8-12/h2,4-5,8,13,16H,3,6-7,9-10H2,1H3,(H,17,19). The van der Waals surface area contributed by atoms with E-state index in [1.54, 1.807) is 0 Å². The van der Waals surface area contributed by atoms with Gasteiger partial charge in [-0.15, -0.1) is 0 Å². The highest BCUT2D eigenvalue weighted by atomic mass is 79.9. The molecule has 1 atom stereocenters. The van der Waals surface area contributed by atoms with Crippen molar-refractivity contribution < 1.29 is 4.79 Å². The van der Waals surface area contributed by atoms with Crippen LogP contribution in [0.3, 0.4) is 0 Å². The van der Waals surface area contributed by atoms with E-state index in [-0.39, 0.29) is 5.91 Å². The lowest BCUT2D eigenvalue weighted by Crippen LogP contribution is -2.46. The van der Waals surface area contributed by atoms with Crippen molar-refractivity contribution in [3.8, 4) is 0 Å². The van der Waals surface area contributed by atoms with Gasteiger partial charge in [0, 0.05) is 22.7 Å². The zero-order valence-corrected chi connectivity index (χ0v) is 12.7. The van der Waals surface area contributed by atoms with Gasteiger partial charge >= 0.3 is 0 Å². The molecule has 1 fully saturated rings. The second kappa shape index (κ2) is 7.03. The Hall–Kier alpha value is -0.910. The maximum absolute atomic E-state index is 12.0. The molecule has 1 aliphatic heterocycles. The molecular weight excluding hydrogens is 306 g/mol. The predicted molar refractivity (Wildman–Crippen MR) is 81.3 cm³/mol. The van der Waals surface area contributed by atoms with E-state index in [1.807, 2.05) is 31.3 Å². The van der Waals surface area contributed by atoms with E-state index < -0.39 is 0 Å². The first-order chi connectivity index (χ1) is 9.15. The Morgan fingerprint density at radius 3 is 3.11 bits per heavy atom. The summed E-state index contributed by atoms with van der Waals surface area (Å²) in [6.07, 6.45) is 2.34. The summed E-state index contributed by atoms with van der Waals surface area (Å²) in [6.45, 7) is 2.49. The van der Waals surface area contributed by atoms with Gasteiger partial charge in [-0.3, -0.25) is 9.69 Å². The summed E-state index contributed by atoms with van der Waals surface area (Å²) in [5, 5.41) is 6.29. The molecule has 2 rings (SSSR count). The summed E-state index contributed by atoms with van der Waals surface area (Å²) in [5.41, 5.74) is 0.828. The fourth-order valence-electron chi connectivity index (χ4n) is 2.33. The molecule has 1 aromatic rings. The highest BCUT2D eigenvalue weighted by Gasteiger charge is 2.19. The first kappa shape index (κ1) is 14.5. The van der Waals surface area contributed by atoms with E-state index in [0.717, 1.165) is 29.7 Å². The van der Waals surface area contributed by atoms with Gasteiger partial charge in [-0.1, -0.05) is 22.0 Å². The van der Waals surface area contributed by atoms with Crippen molar-refractivity contribution in [2.75, 3.05) is 32.0 Å². The molecule has 1 aliphatic rings. The van der Waals surface area contributed by atoms with Gasteiger partial charge in [0.25, 0.3) is 0 Å². The molecule has 4 nitrogen and oxygen atoms in total. The number of rotatable bonds is 4. The normalized spacial score (nSPS) is 19.4. The third-order valence-electron chi connectivity index (χ3n) is 3.40. The SMILES string of the molecule is CN(CC(=O)Nc1cccc(Br)c1)C1CCCNC1. The number of piperidine rings is 1. The quantitative estimate of drug-likeness (QED) is 0.890. The average Bonchev–Trinajstić information content (AvgIpc) is 2.39. The number of benzene rings is 1. The van der Waals surface area contributed by atoms with Gasteiger partial charge in [-0.2, -0.15) is 0 Å². The first-order valence-electron chi connectivity index (χ1n) is 6.61. The van der Waals surface area contributed by atoms with Crippen molar-refractivity contribution >= 4 is 27.5 Å². The van der Waals surface area contributed by atoms with Crippen molar-refractivity contribution in [2.45, 2.75) is 18.9 Å². The predicted octanol–water partition coefficient (Wildman–Crippen LogP) is 2.07. The number of halogens is 1. The summed E-state index contributed by atoms with van der Waals surface area (Å²) in [4.78, 5) is 14.1. The maximum atomic E-state index is 12.0. The largest absolute Gasteiger partial charge is 0.325 e. The van der Waals surface area contributed by atoms with Crippen LogP contribution in [0.1, 0.15) is 12.8 Å². The van der Waals surface area contributed by atoms with Crippen LogP contribution in [0.5, 0.6) is 0 Å². The zero-order valence-electron chi connectivity index (χ0n) is 11.2. The molecule has 1 unspecified atom stereocenters. The highest BCUT2D eigenvalue weighted by molar-refractivity contribution is 9.10. The molecule has 0 aliphatic carbocycles. The summed E-state index contributed by atoms with van der Waals surface area (Å²) in [6, 6.07) is 8.11. The van der Waals surface area contributed by atoms with E-state index in [2.05, 4.69) is 31.5 Å². The molecule has 104 valence electrons. The van der Waals surface area contributed by atoms with Crippen molar-refractivity contribution in [1.29, 1.82) is 0 Å². The highest BCUT2D eigenvalue weighted by Crippen LogP contribution is 2.15. The van der Waals surface area contributed by atoms with Crippen LogP contribution >= 0.6 is 15.9 Å². The van der Waals surface area contributed by atoms with Gasteiger partial charge in [0.15, 0.2) is 0 Å². The summed E-state index contributed by atoms with van der Waals surface area (Å²) < 4.78 is 0.968. The number of hydrogen-bond acceptors (Lipinski definition) is 3. The smallest absolute Gasteiger partial charge is 0.238 e. The van der Waals surface area contributed by atoms with Gasteiger partial charge in [0.1, 0.15) is 0 Å². The van der Waals surface area contributed by atoms with Crippen molar-refractivity contribution in [3.63, 3.8) is 0 Å². The van der Waals surface area contributed by atoms with Crippen LogP contribution in [0.2, 0.25) is 0 Å². The number of carbonyl (C=O) groups is 1. The molecule has 2 N–H and O–H groups in total. The van der Waals surface area contributed by atoms with Crippen LogP contribution in [0.4, 0.5) is 5.69 Å². The van der Waals surface area contributed by atoms with Crippen LogP contribution in [-0.2, 0) is 4.79 Å². The molecule has 5 heteroatoms. The lowest BCUT2D eigenvalue weighted by molar-refractivity contribution is -0.117. The number of nitrogens with one attached hydrogen (secondary N) is 2. The molecule has 0 aromatic heterocycles. The third kappa shape index (κ3) is 4.60. The maximum Gasteiger partial charge on any atom is 0.238 e. The van der Waals surface area contributed by atoms with E-state index in [4.69, 9.17) is 0 Å². The van der Waals surface area contributed by atoms with Crippen LogP contribution < -0.4 is 10.6 Å². The number of hydrogen-bond donors (Lipinski definition) is 2. The van der Waals surface area contributed by atoms with Crippen molar-refractivity contribution in [3.05, 3.63) is 28.7 Å². The Morgan fingerprint density at radius 2 is 2.42 bits per heavy atom. The van der Waals surface area contributed by atoms with Crippen LogP contribution in [0, 0.1) is 0 Å². The van der Waals surface area contributed by atoms with Crippen LogP contribution in [0.15, 0.2) is 28.7 Å². The van der Waals surface area contributed by atoms with Gasteiger partial charge < -0.3 is 10.6 Å². The minimum absolute atomic E-state index is 0.0335. The molecule has 19 heavy (non-hydrogen) atoms. The molecule has 0 bridgehead atoms. The number of carbonyl (C=O) groups excluding carboxylic acids is 1. The Bertz CT molecular complexity index is 432. The summed E-state index contributed by atoms with van der Waals surface area (Å²) in [5.74, 6) is 0.0335. The number of anilines is 1. The van der Waals surface area contributed by atoms with Gasteiger partial charge in [0.05, 0.1) is 6.54 Å². The fraction of sp³-hybridized carbons (Fsp3) is 0.500. The molecule has 1 heterocycles. The van der Waals surface area contributed by atoms with E-state index in [0.29, 0.717) is 12.6 Å². The second-order valence-electron chi connectivity index (χ2n) is 4.97. The lowest BCUT2D eigenvalue weighted by atomic mass is 10.1.